The van der Waals surface area contributed by atoms with Crippen LogP contribution >= 0.6 is 0 Å². The lowest BCUT2D eigenvalue weighted by molar-refractivity contribution is 0.299. The molecule has 0 unspecified atom stereocenters. The summed E-state index contributed by atoms with van der Waals surface area (Å²) in [5, 5.41) is 0. The Morgan fingerprint density at radius 1 is 1.00 bits per heavy atom. The molecular weight excluding hydrogens is 344 g/mol. The lowest BCUT2D eigenvalue weighted by atomic mass is 10.0. The molecular formula is C21H28N2O2S. The molecule has 0 aromatic heterocycles. The van der Waals surface area contributed by atoms with E-state index < -0.39 is 10.0 Å². The van der Waals surface area contributed by atoms with Gasteiger partial charge in [0.2, 0.25) is 10.0 Å². The summed E-state index contributed by atoms with van der Waals surface area (Å²) in [5.41, 5.74) is 3.87. The molecule has 4 nitrogen and oxygen atoms in total. The van der Waals surface area contributed by atoms with Crippen LogP contribution in [-0.2, 0) is 22.9 Å². The average molecular weight is 373 g/mol. The standard InChI is InChI=1S/C21H28N2O2S/c1-23(2)21(18-8-4-3-5-9-18)16-22-26(24,25)13-12-17-14-19-10-6-7-11-20(19)15-17/h3-11,17,21-22H,12-16H2,1-2H3/t21-/m0/s1. The van der Waals surface area contributed by atoms with Gasteiger partial charge in [-0.15, -0.1) is 0 Å². The SMILES string of the molecule is CN(C)[C@@H](CNS(=O)(=O)CCC1Cc2ccccc2C1)c1ccccc1. The number of likely N-dealkylation sites (N-methyl/N-ethyl adjacent to an activating group) is 1. The van der Waals surface area contributed by atoms with Crippen molar-refractivity contribution in [3.63, 3.8) is 0 Å². The second kappa shape index (κ2) is 8.33. The van der Waals surface area contributed by atoms with Crippen LogP contribution in [0.3, 0.4) is 0 Å². The topological polar surface area (TPSA) is 49.4 Å². The summed E-state index contributed by atoms with van der Waals surface area (Å²) in [6, 6.07) is 18.5. The molecule has 0 bridgehead atoms. The zero-order valence-corrected chi connectivity index (χ0v) is 16.4. The number of hydrogen-bond acceptors (Lipinski definition) is 3. The summed E-state index contributed by atoms with van der Waals surface area (Å²) >= 11 is 0. The highest BCUT2D eigenvalue weighted by Crippen LogP contribution is 2.28. The van der Waals surface area contributed by atoms with E-state index in [4.69, 9.17) is 0 Å². The minimum absolute atomic E-state index is 0.0294. The number of nitrogens with zero attached hydrogens (tertiary/aromatic N) is 1. The lowest BCUT2D eigenvalue weighted by Crippen LogP contribution is -2.36. The van der Waals surface area contributed by atoms with Crippen LogP contribution in [-0.4, -0.2) is 39.7 Å². The molecule has 26 heavy (non-hydrogen) atoms. The summed E-state index contributed by atoms with van der Waals surface area (Å²) in [6.45, 7) is 0.393. The van der Waals surface area contributed by atoms with E-state index in [0.717, 1.165) is 18.4 Å². The van der Waals surface area contributed by atoms with Crippen LogP contribution in [0.1, 0.15) is 29.2 Å². The van der Waals surface area contributed by atoms with Crippen LogP contribution in [0.5, 0.6) is 0 Å². The zero-order valence-electron chi connectivity index (χ0n) is 15.6. The Labute approximate surface area is 157 Å². The van der Waals surface area contributed by atoms with Gasteiger partial charge in [0.15, 0.2) is 0 Å². The monoisotopic (exact) mass is 372 g/mol. The quantitative estimate of drug-likeness (QED) is 0.775. The van der Waals surface area contributed by atoms with E-state index in [1.807, 2.05) is 49.3 Å². The Hall–Kier alpha value is -1.69. The van der Waals surface area contributed by atoms with Crippen molar-refractivity contribution < 1.29 is 8.42 Å². The highest BCUT2D eigenvalue weighted by atomic mass is 32.2. The largest absolute Gasteiger partial charge is 0.301 e. The lowest BCUT2D eigenvalue weighted by Gasteiger charge is -2.25. The molecule has 0 saturated carbocycles. The van der Waals surface area contributed by atoms with Crippen LogP contribution < -0.4 is 4.72 Å². The van der Waals surface area contributed by atoms with E-state index in [2.05, 4.69) is 29.0 Å². The first kappa shape index (κ1) is 19.1. The molecule has 140 valence electrons. The normalized spacial score (nSPS) is 16.0. The molecule has 0 radical (unpaired) electrons. The van der Waals surface area contributed by atoms with E-state index in [1.54, 1.807) is 0 Å². The minimum Gasteiger partial charge on any atom is -0.301 e. The number of hydrogen-bond donors (Lipinski definition) is 1. The number of fused-ring (bicyclic) bond motifs is 1. The Morgan fingerprint density at radius 2 is 1.58 bits per heavy atom. The van der Waals surface area contributed by atoms with Gasteiger partial charge in [-0.1, -0.05) is 54.6 Å². The maximum Gasteiger partial charge on any atom is 0.211 e. The summed E-state index contributed by atoms with van der Waals surface area (Å²) in [5.74, 6) is 0.628. The van der Waals surface area contributed by atoms with Gasteiger partial charge in [0.25, 0.3) is 0 Å². The number of benzene rings is 2. The average Bonchev–Trinajstić information content (AvgIpc) is 3.04. The molecule has 2 aromatic carbocycles. The Balaban J connectivity index is 1.52. The smallest absolute Gasteiger partial charge is 0.211 e. The summed E-state index contributed by atoms with van der Waals surface area (Å²) in [4.78, 5) is 2.05. The van der Waals surface area contributed by atoms with Crippen molar-refractivity contribution in [2.45, 2.75) is 25.3 Å². The first-order chi connectivity index (χ1) is 12.4. The van der Waals surface area contributed by atoms with Crippen molar-refractivity contribution in [3.8, 4) is 0 Å². The first-order valence-corrected chi connectivity index (χ1v) is 10.9. The van der Waals surface area contributed by atoms with Gasteiger partial charge in [-0.25, -0.2) is 13.1 Å². The molecule has 0 amide bonds. The Morgan fingerprint density at radius 3 is 2.15 bits per heavy atom. The second-order valence-electron chi connectivity index (χ2n) is 7.39. The van der Waals surface area contributed by atoms with Crippen LogP contribution in [0.25, 0.3) is 0 Å². The summed E-state index contributed by atoms with van der Waals surface area (Å²) < 4.78 is 27.8. The Bertz CT molecular complexity index is 794. The van der Waals surface area contributed by atoms with E-state index in [1.165, 1.54) is 11.1 Å². The third kappa shape index (κ3) is 4.93. The molecule has 0 aliphatic heterocycles. The molecule has 0 spiro atoms. The van der Waals surface area contributed by atoms with Gasteiger partial charge in [-0.2, -0.15) is 0 Å². The summed E-state index contributed by atoms with van der Waals surface area (Å²) in [7, 11) is 0.678. The van der Waals surface area contributed by atoms with Crippen molar-refractivity contribution in [2.75, 3.05) is 26.4 Å². The molecule has 1 N–H and O–H groups in total. The van der Waals surface area contributed by atoms with Gasteiger partial charge in [0.05, 0.1) is 5.75 Å². The van der Waals surface area contributed by atoms with Crippen molar-refractivity contribution >= 4 is 10.0 Å². The maximum absolute atomic E-state index is 12.5. The fourth-order valence-electron chi connectivity index (χ4n) is 3.73. The highest BCUT2D eigenvalue weighted by molar-refractivity contribution is 7.89. The van der Waals surface area contributed by atoms with E-state index in [-0.39, 0.29) is 11.8 Å². The van der Waals surface area contributed by atoms with Gasteiger partial charge in [-0.3, -0.25) is 0 Å². The molecule has 1 atom stereocenters. The van der Waals surface area contributed by atoms with Crippen LogP contribution in [0, 0.1) is 5.92 Å². The number of nitrogens with one attached hydrogen (secondary N) is 1. The van der Waals surface area contributed by atoms with Gasteiger partial charge in [0.1, 0.15) is 0 Å². The minimum atomic E-state index is -3.27. The van der Waals surface area contributed by atoms with Gasteiger partial charge < -0.3 is 4.90 Å². The molecule has 1 aliphatic rings. The predicted octanol–water partition coefficient (Wildman–Crippen LogP) is 3.01. The zero-order chi connectivity index (χ0) is 18.6. The van der Waals surface area contributed by atoms with E-state index >= 15 is 0 Å². The first-order valence-electron chi connectivity index (χ1n) is 9.20. The number of rotatable bonds is 8. The molecule has 0 fully saturated rings. The molecule has 3 rings (SSSR count). The molecule has 0 saturated heterocycles. The number of sulfonamides is 1. The Kier molecular flexibility index (Phi) is 6.12. The third-order valence-electron chi connectivity index (χ3n) is 5.23. The van der Waals surface area contributed by atoms with E-state index in [9.17, 15) is 8.42 Å². The fourth-order valence-corrected chi connectivity index (χ4v) is 4.93. The van der Waals surface area contributed by atoms with Crippen molar-refractivity contribution in [1.82, 2.24) is 9.62 Å². The molecule has 5 heteroatoms. The van der Waals surface area contributed by atoms with Gasteiger partial charge in [-0.05, 0) is 56.0 Å². The fraction of sp³-hybridized carbons (Fsp3) is 0.429. The summed E-state index contributed by atoms with van der Waals surface area (Å²) in [6.07, 6.45) is 2.70. The van der Waals surface area contributed by atoms with Gasteiger partial charge in [0, 0.05) is 12.6 Å². The molecule has 2 aromatic rings. The van der Waals surface area contributed by atoms with Crippen LogP contribution in [0.15, 0.2) is 54.6 Å². The predicted molar refractivity (Wildman–Crippen MR) is 107 cm³/mol. The molecule has 0 heterocycles. The van der Waals surface area contributed by atoms with E-state index in [0.29, 0.717) is 18.9 Å². The highest BCUT2D eigenvalue weighted by Gasteiger charge is 2.24. The molecule has 1 aliphatic carbocycles. The third-order valence-corrected chi connectivity index (χ3v) is 6.61. The van der Waals surface area contributed by atoms with Crippen molar-refractivity contribution in [3.05, 3.63) is 71.3 Å². The van der Waals surface area contributed by atoms with Crippen molar-refractivity contribution in [2.24, 2.45) is 5.92 Å². The second-order valence-corrected chi connectivity index (χ2v) is 9.32. The van der Waals surface area contributed by atoms with Gasteiger partial charge >= 0.3 is 0 Å². The van der Waals surface area contributed by atoms with Crippen molar-refractivity contribution in [1.29, 1.82) is 0 Å². The van der Waals surface area contributed by atoms with Crippen LogP contribution in [0.4, 0.5) is 0 Å². The maximum atomic E-state index is 12.5. The van der Waals surface area contributed by atoms with Crippen LogP contribution in [0.2, 0.25) is 0 Å².